The maximum Gasteiger partial charge on any atom is 0.0218 e. The van der Waals surface area contributed by atoms with E-state index in [1.165, 1.54) is 25.9 Å². The van der Waals surface area contributed by atoms with Gasteiger partial charge in [-0.3, -0.25) is 4.90 Å². The molecule has 0 radical (unpaired) electrons. The van der Waals surface area contributed by atoms with E-state index in [0.717, 1.165) is 6.42 Å². The standard InChI is InChI=1S/C9H20N2/c1-3-9(10)8(2)11-6-4-5-7-11/h8-9H,3-7,10H2,1-2H3. The van der Waals surface area contributed by atoms with Crippen LogP contribution in [0.3, 0.4) is 0 Å². The first-order chi connectivity index (χ1) is 5.25. The summed E-state index contributed by atoms with van der Waals surface area (Å²) in [6.07, 6.45) is 3.82. The Kier molecular flexibility index (Phi) is 3.34. The molecule has 0 aromatic heterocycles. The molecule has 1 rings (SSSR count). The predicted molar refractivity (Wildman–Crippen MR) is 48.5 cm³/mol. The van der Waals surface area contributed by atoms with Crippen molar-refractivity contribution in [2.45, 2.75) is 45.2 Å². The van der Waals surface area contributed by atoms with Crippen molar-refractivity contribution >= 4 is 0 Å². The lowest BCUT2D eigenvalue weighted by Gasteiger charge is -2.28. The number of nitrogens with zero attached hydrogens (tertiary/aromatic N) is 1. The van der Waals surface area contributed by atoms with Gasteiger partial charge in [0.1, 0.15) is 0 Å². The van der Waals surface area contributed by atoms with Gasteiger partial charge in [0.15, 0.2) is 0 Å². The molecule has 2 N–H and O–H groups in total. The van der Waals surface area contributed by atoms with E-state index in [4.69, 9.17) is 5.73 Å². The van der Waals surface area contributed by atoms with Crippen LogP contribution >= 0.6 is 0 Å². The molecule has 0 aromatic carbocycles. The molecule has 1 heterocycles. The van der Waals surface area contributed by atoms with E-state index in [9.17, 15) is 0 Å². The SMILES string of the molecule is CCC(N)C(C)N1CCCC1. The van der Waals surface area contributed by atoms with E-state index in [2.05, 4.69) is 18.7 Å². The van der Waals surface area contributed by atoms with E-state index in [0.29, 0.717) is 12.1 Å². The van der Waals surface area contributed by atoms with Crippen molar-refractivity contribution in [3.8, 4) is 0 Å². The lowest BCUT2D eigenvalue weighted by molar-refractivity contribution is 0.223. The Hall–Kier alpha value is -0.0800. The number of hydrogen-bond acceptors (Lipinski definition) is 2. The minimum Gasteiger partial charge on any atom is -0.326 e. The van der Waals surface area contributed by atoms with E-state index >= 15 is 0 Å². The van der Waals surface area contributed by atoms with Gasteiger partial charge < -0.3 is 5.73 Å². The van der Waals surface area contributed by atoms with Gasteiger partial charge in [-0.05, 0) is 39.3 Å². The number of hydrogen-bond donors (Lipinski definition) is 1. The molecule has 66 valence electrons. The van der Waals surface area contributed by atoms with E-state index < -0.39 is 0 Å². The number of rotatable bonds is 3. The normalized spacial score (nSPS) is 25.4. The second kappa shape index (κ2) is 4.07. The third kappa shape index (κ3) is 2.17. The van der Waals surface area contributed by atoms with Crippen LogP contribution in [0, 0.1) is 0 Å². The van der Waals surface area contributed by atoms with Crippen LogP contribution in [0.2, 0.25) is 0 Å². The smallest absolute Gasteiger partial charge is 0.0218 e. The second-order valence-electron chi connectivity index (χ2n) is 3.56. The molecule has 0 saturated carbocycles. The molecule has 1 fully saturated rings. The largest absolute Gasteiger partial charge is 0.326 e. The van der Waals surface area contributed by atoms with Gasteiger partial charge in [0.2, 0.25) is 0 Å². The molecule has 2 atom stereocenters. The molecule has 1 saturated heterocycles. The van der Waals surface area contributed by atoms with Gasteiger partial charge in [-0.2, -0.15) is 0 Å². The van der Waals surface area contributed by atoms with Crippen molar-refractivity contribution < 1.29 is 0 Å². The minimum atomic E-state index is 0.369. The van der Waals surface area contributed by atoms with Crippen LogP contribution in [0.25, 0.3) is 0 Å². The minimum absolute atomic E-state index is 0.369. The summed E-state index contributed by atoms with van der Waals surface area (Å²) in [7, 11) is 0. The molecule has 2 heteroatoms. The van der Waals surface area contributed by atoms with Gasteiger partial charge in [0.25, 0.3) is 0 Å². The van der Waals surface area contributed by atoms with Crippen molar-refractivity contribution in [1.82, 2.24) is 4.90 Å². The molecule has 1 aliphatic rings. The summed E-state index contributed by atoms with van der Waals surface area (Å²) in [5.41, 5.74) is 5.95. The summed E-state index contributed by atoms with van der Waals surface area (Å²) in [6, 6.07) is 0.954. The van der Waals surface area contributed by atoms with Gasteiger partial charge in [-0.15, -0.1) is 0 Å². The molecule has 0 aromatic rings. The Bertz CT molecular complexity index is 108. The van der Waals surface area contributed by atoms with Crippen LogP contribution in [0.5, 0.6) is 0 Å². The Morgan fingerprint density at radius 3 is 2.36 bits per heavy atom. The molecular formula is C9H20N2. The number of likely N-dealkylation sites (tertiary alicyclic amines) is 1. The van der Waals surface area contributed by atoms with Crippen LogP contribution in [0.15, 0.2) is 0 Å². The van der Waals surface area contributed by atoms with Crippen molar-refractivity contribution in [2.75, 3.05) is 13.1 Å². The second-order valence-corrected chi connectivity index (χ2v) is 3.56. The van der Waals surface area contributed by atoms with E-state index in [1.54, 1.807) is 0 Å². The maximum atomic E-state index is 5.95. The fraction of sp³-hybridized carbons (Fsp3) is 1.00. The summed E-state index contributed by atoms with van der Waals surface area (Å²) in [5.74, 6) is 0. The molecule has 11 heavy (non-hydrogen) atoms. The van der Waals surface area contributed by atoms with Gasteiger partial charge in [-0.1, -0.05) is 6.92 Å². The molecule has 0 bridgehead atoms. The molecule has 0 aliphatic carbocycles. The Balaban J connectivity index is 2.32. The highest BCUT2D eigenvalue weighted by atomic mass is 15.2. The lowest BCUT2D eigenvalue weighted by Crippen LogP contribution is -2.44. The van der Waals surface area contributed by atoms with Crippen LogP contribution in [0.1, 0.15) is 33.1 Å². The first-order valence-corrected chi connectivity index (χ1v) is 4.75. The molecule has 0 amide bonds. The van der Waals surface area contributed by atoms with E-state index in [1.807, 2.05) is 0 Å². The zero-order valence-electron chi connectivity index (χ0n) is 7.71. The van der Waals surface area contributed by atoms with Crippen LogP contribution in [0.4, 0.5) is 0 Å². The third-order valence-electron chi connectivity index (χ3n) is 2.81. The predicted octanol–water partition coefficient (Wildman–Crippen LogP) is 1.21. The Morgan fingerprint density at radius 2 is 1.91 bits per heavy atom. The third-order valence-corrected chi connectivity index (χ3v) is 2.81. The summed E-state index contributed by atoms with van der Waals surface area (Å²) >= 11 is 0. The lowest BCUT2D eigenvalue weighted by atomic mass is 10.1. The Morgan fingerprint density at radius 1 is 1.36 bits per heavy atom. The fourth-order valence-corrected chi connectivity index (χ4v) is 1.76. The first-order valence-electron chi connectivity index (χ1n) is 4.75. The zero-order chi connectivity index (χ0) is 8.27. The van der Waals surface area contributed by atoms with Crippen LogP contribution < -0.4 is 5.73 Å². The summed E-state index contributed by atoms with van der Waals surface area (Å²) < 4.78 is 0. The van der Waals surface area contributed by atoms with Crippen molar-refractivity contribution in [3.63, 3.8) is 0 Å². The first kappa shape index (κ1) is 9.01. The average Bonchev–Trinajstić information content (AvgIpc) is 2.53. The quantitative estimate of drug-likeness (QED) is 0.665. The Labute approximate surface area is 69.8 Å². The zero-order valence-corrected chi connectivity index (χ0v) is 7.71. The summed E-state index contributed by atoms with van der Waals surface area (Å²) in [5, 5.41) is 0. The van der Waals surface area contributed by atoms with Gasteiger partial charge >= 0.3 is 0 Å². The summed E-state index contributed by atoms with van der Waals surface area (Å²) in [4.78, 5) is 2.51. The van der Waals surface area contributed by atoms with Crippen molar-refractivity contribution in [2.24, 2.45) is 5.73 Å². The molecule has 2 unspecified atom stereocenters. The monoisotopic (exact) mass is 156 g/mol. The highest BCUT2D eigenvalue weighted by Crippen LogP contribution is 2.13. The molecule has 2 nitrogen and oxygen atoms in total. The van der Waals surface area contributed by atoms with Gasteiger partial charge in [0, 0.05) is 12.1 Å². The van der Waals surface area contributed by atoms with Crippen LogP contribution in [-0.2, 0) is 0 Å². The number of nitrogens with two attached hydrogens (primary N) is 1. The van der Waals surface area contributed by atoms with Crippen molar-refractivity contribution in [3.05, 3.63) is 0 Å². The topological polar surface area (TPSA) is 29.3 Å². The molecule has 1 aliphatic heterocycles. The highest BCUT2D eigenvalue weighted by molar-refractivity contribution is 4.80. The fourth-order valence-electron chi connectivity index (χ4n) is 1.76. The van der Waals surface area contributed by atoms with Crippen molar-refractivity contribution in [1.29, 1.82) is 0 Å². The highest BCUT2D eigenvalue weighted by Gasteiger charge is 2.21. The maximum absolute atomic E-state index is 5.95. The van der Waals surface area contributed by atoms with Gasteiger partial charge in [0.05, 0.1) is 0 Å². The van der Waals surface area contributed by atoms with E-state index in [-0.39, 0.29) is 0 Å². The van der Waals surface area contributed by atoms with Gasteiger partial charge in [-0.25, -0.2) is 0 Å². The summed E-state index contributed by atoms with van der Waals surface area (Å²) in [6.45, 7) is 6.93. The van der Waals surface area contributed by atoms with Crippen LogP contribution in [-0.4, -0.2) is 30.1 Å². The average molecular weight is 156 g/mol. The molecule has 0 spiro atoms. The molecular weight excluding hydrogens is 136 g/mol.